The normalized spacial score (nSPS) is 11.3. The van der Waals surface area contributed by atoms with Crippen LogP contribution in [0.3, 0.4) is 0 Å². The summed E-state index contributed by atoms with van der Waals surface area (Å²) in [6.45, 7) is 2.06. The van der Waals surface area contributed by atoms with Crippen molar-refractivity contribution in [3.8, 4) is 10.6 Å². The third-order valence-electron chi connectivity index (χ3n) is 6.02. The Morgan fingerprint density at radius 3 is 1.50 bits per heavy atom. The van der Waals surface area contributed by atoms with Crippen LogP contribution in [0.2, 0.25) is 0 Å². The van der Waals surface area contributed by atoms with Crippen molar-refractivity contribution in [2.24, 2.45) is 0 Å². The van der Waals surface area contributed by atoms with Crippen LogP contribution < -0.4 is 39.2 Å². The summed E-state index contributed by atoms with van der Waals surface area (Å²) in [4.78, 5) is 18.1. The zero-order valence-electron chi connectivity index (χ0n) is 21.6. The number of carbonyl (C=O) groups excluding carboxylic acids is 1. The standard InChI is InChI=1S/C30H25NO2PS.ClHO4/c1-22-18-20-23(21-19-22)28-31-27(29(32)33-2)30(35-28)34(24-12-6-3-7-13-24,25-14-8-4-9-15-25)26-16-10-5-11-17-26;2-1(3,4)5/h3-21H,1-2H3;(H,2,3,4,5)/q+1;/p-1. The highest BCUT2D eigenvalue weighted by Gasteiger charge is 2.52. The molecule has 0 aliphatic carbocycles. The molecule has 0 aliphatic heterocycles. The molecule has 0 radical (unpaired) electrons. The van der Waals surface area contributed by atoms with Crippen molar-refractivity contribution in [3.05, 3.63) is 127 Å². The lowest BCUT2D eigenvalue weighted by Gasteiger charge is -2.26. The van der Waals surface area contributed by atoms with E-state index in [4.69, 9.17) is 28.4 Å². The van der Waals surface area contributed by atoms with Crippen molar-refractivity contribution in [1.82, 2.24) is 4.98 Å². The average Bonchev–Trinajstić information content (AvgIpc) is 3.40. The Kier molecular flexibility index (Phi) is 9.45. The van der Waals surface area contributed by atoms with E-state index in [1.165, 1.54) is 28.6 Å². The van der Waals surface area contributed by atoms with E-state index in [0.717, 1.165) is 15.2 Å². The van der Waals surface area contributed by atoms with Gasteiger partial charge in [-0.1, -0.05) is 95.8 Å². The minimum Gasteiger partial charge on any atom is -0.464 e. The molecule has 5 aromatic rings. The lowest BCUT2D eigenvalue weighted by molar-refractivity contribution is -2.00. The summed E-state index contributed by atoms with van der Waals surface area (Å²) in [5.74, 6) is -0.415. The number of aromatic nitrogens is 1. The second kappa shape index (κ2) is 12.8. The SMILES string of the molecule is COC(=O)c1nc(-c2ccc(C)cc2)sc1[P+](c1ccccc1)(c1ccccc1)c1ccccc1.[O-][Cl+3]([O-])([O-])[O-]. The number of esters is 1. The molecule has 0 N–H and O–H groups in total. The molecule has 40 heavy (non-hydrogen) atoms. The van der Waals surface area contributed by atoms with Crippen LogP contribution in [0.1, 0.15) is 16.1 Å². The average molecular weight is 594 g/mol. The lowest BCUT2D eigenvalue weighted by atomic mass is 10.2. The summed E-state index contributed by atoms with van der Waals surface area (Å²) >= 11 is 1.59. The third kappa shape index (κ3) is 6.63. The smallest absolute Gasteiger partial charge is 0.361 e. The number of nitrogens with zero attached hydrogens (tertiary/aromatic N) is 1. The molecule has 0 saturated heterocycles. The predicted octanol–water partition coefficient (Wildman–Crippen LogP) is 0.769. The maximum atomic E-state index is 13.2. The van der Waals surface area contributed by atoms with Gasteiger partial charge in [0.2, 0.25) is 5.69 Å². The fraction of sp³-hybridized carbons (Fsp3) is 0.0667. The number of rotatable bonds is 6. The number of halogens is 1. The number of carbonyl (C=O) groups is 1. The number of benzene rings is 4. The minimum absolute atomic E-state index is 0.387. The van der Waals surface area contributed by atoms with E-state index < -0.39 is 23.5 Å². The van der Waals surface area contributed by atoms with E-state index in [1.807, 2.05) is 18.2 Å². The lowest BCUT2D eigenvalue weighted by Crippen LogP contribution is -2.68. The summed E-state index contributed by atoms with van der Waals surface area (Å²) in [5.41, 5.74) is 2.56. The number of ether oxygens (including phenoxy) is 1. The summed E-state index contributed by atoms with van der Waals surface area (Å²) < 4.78 is 40.2. The van der Waals surface area contributed by atoms with Gasteiger partial charge in [0.05, 0.1) is 7.11 Å². The van der Waals surface area contributed by atoms with Gasteiger partial charge in [-0.2, -0.15) is 0 Å². The number of aryl methyl sites for hydroxylation is 1. The molecule has 0 amide bonds. The highest BCUT2D eigenvalue weighted by molar-refractivity contribution is 8.04. The first-order valence-electron chi connectivity index (χ1n) is 12.0. The van der Waals surface area contributed by atoms with E-state index in [0.29, 0.717) is 5.69 Å². The van der Waals surface area contributed by atoms with Crippen molar-refractivity contribution in [2.75, 3.05) is 7.11 Å². The van der Waals surface area contributed by atoms with Gasteiger partial charge in [0.25, 0.3) is 0 Å². The molecular weight excluding hydrogens is 569 g/mol. The first-order valence-corrected chi connectivity index (χ1v) is 15.8. The van der Waals surface area contributed by atoms with Crippen molar-refractivity contribution in [3.63, 3.8) is 0 Å². The van der Waals surface area contributed by atoms with E-state index >= 15 is 0 Å². The molecule has 0 fully saturated rings. The molecule has 1 aromatic heterocycles. The number of thiazole rings is 1. The zero-order chi connectivity index (χ0) is 28.8. The molecule has 1 heterocycles. The number of methoxy groups -OCH3 is 1. The molecule has 0 spiro atoms. The molecule has 204 valence electrons. The van der Waals surface area contributed by atoms with Crippen LogP contribution in [0.15, 0.2) is 115 Å². The van der Waals surface area contributed by atoms with Crippen molar-refractivity contribution in [2.45, 2.75) is 6.92 Å². The fourth-order valence-corrected chi connectivity index (χ4v) is 10.8. The molecule has 0 saturated carbocycles. The quantitative estimate of drug-likeness (QED) is 0.210. The van der Waals surface area contributed by atoms with Gasteiger partial charge in [-0.15, -0.1) is 10.2 Å². The van der Waals surface area contributed by atoms with Crippen LogP contribution in [0.25, 0.3) is 10.6 Å². The summed E-state index contributed by atoms with van der Waals surface area (Å²) in [7, 11) is -5.99. The Labute approximate surface area is 239 Å². The third-order valence-corrected chi connectivity index (χ3v) is 12.1. The molecule has 0 atom stereocenters. The van der Waals surface area contributed by atoms with Crippen LogP contribution in [0.5, 0.6) is 0 Å². The fourth-order valence-electron chi connectivity index (χ4n) is 4.34. The molecule has 0 unspecified atom stereocenters. The Hall–Kier alpha value is -3.46. The van der Waals surface area contributed by atoms with Crippen LogP contribution in [0.4, 0.5) is 0 Å². The summed E-state index contributed by atoms with van der Waals surface area (Å²) in [6.07, 6.45) is 0. The van der Waals surface area contributed by atoms with E-state index in [9.17, 15) is 4.79 Å². The van der Waals surface area contributed by atoms with Gasteiger partial charge >= 0.3 is 5.97 Å². The van der Waals surface area contributed by atoms with Crippen molar-refractivity contribution in [1.29, 1.82) is 0 Å². The highest BCUT2D eigenvalue weighted by Crippen LogP contribution is 2.56. The largest absolute Gasteiger partial charge is 0.464 e. The van der Waals surface area contributed by atoms with Gasteiger partial charge in [0, 0.05) is 5.56 Å². The highest BCUT2D eigenvalue weighted by atomic mass is 35.7. The van der Waals surface area contributed by atoms with Crippen LogP contribution in [-0.2, 0) is 4.74 Å². The molecule has 7 nitrogen and oxygen atoms in total. The second-order valence-electron chi connectivity index (χ2n) is 8.59. The molecular formula is C30H25ClNO6PS. The van der Waals surface area contributed by atoms with E-state index in [1.54, 1.807) is 11.3 Å². The second-order valence-corrected chi connectivity index (χ2v) is 14.0. The maximum Gasteiger partial charge on any atom is 0.361 e. The van der Waals surface area contributed by atoms with Crippen molar-refractivity contribution < 1.29 is 38.4 Å². The molecule has 4 aromatic carbocycles. The van der Waals surface area contributed by atoms with Gasteiger partial charge in [-0.25, -0.2) is 28.4 Å². The molecule has 0 bridgehead atoms. The van der Waals surface area contributed by atoms with Gasteiger partial charge in [0.1, 0.15) is 20.9 Å². The van der Waals surface area contributed by atoms with E-state index in [-0.39, 0.29) is 0 Å². The summed E-state index contributed by atoms with van der Waals surface area (Å²) in [6, 6.07) is 39.7. The van der Waals surface area contributed by atoms with Gasteiger partial charge in [0.15, 0.2) is 11.9 Å². The zero-order valence-corrected chi connectivity index (χ0v) is 24.1. The summed E-state index contributed by atoms with van der Waals surface area (Å²) in [5, 5.41) is 4.32. The van der Waals surface area contributed by atoms with Gasteiger partial charge in [-0.3, -0.25) is 0 Å². The topological polar surface area (TPSA) is 131 Å². The Balaban J connectivity index is 0.000000681. The van der Waals surface area contributed by atoms with E-state index in [2.05, 4.69) is 104 Å². The van der Waals surface area contributed by atoms with Crippen molar-refractivity contribution >= 4 is 45.1 Å². The molecule has 10 heteroatoms. The Morgan fingerprint density at radius 2 is 1.12 bits per heavy atom. The number of hydrogen-bond acceptors (Lipinski definition) is 8. The monoisotopic (exact) mass is 593 g/mol. The van der Waals surface area contributed by atoms with Crippen LogP contribution in [-0.4, -0.2) is 18.1 Å². The molecule has 0 aliphatic rings. The van der Waals surface area contributed by atoms with Gasteiger partial charge in [-0.05, 0) is 43.3 Å². The Bertz CT molecular complexity index is 1440. The first kappa shape index (κ1) is 29.5. The van der Waals surface area contributed by atoms with Gasteiger partial charge < -0.3 is 4.74 Å². The molecule has 5 rings (SSSR count). The van der Waals surface area contributed by atoms with Crippen LogP contribution >= 0.6 is 18.6 Å². The minimum atomic E-state index is -4.94. The van der Waals surface area contributed by atoms with Crippen LogP contribution in [0, 0.1) is 17.2 Å². The maximum absolute atomic E-state index is 13.2. The predicted molar refractivity (Wildman–Crippen MR) is 148 cm³/mol. The Morgan fingerprint density at radius 1 is 0.725 bits per heavy atom. The first-order chi connectivity index (χ1) is 19.1. The number of hydrogen-bond donors (Lipinski definition) is 0.